The van der Waals surface area contributed by atoms with Crippen LogP contribution in [-0.4, -0.2) is 77.1 Å². The van der Waals surface area contributed by atoms with Crippen molar-refractivity contribution in [3.8, 4) is 5.75 Å². The Labute approximate surface area is 210 Å². The Kier molecular flexibility index (Phi) is 9.18. The highest BCUT2D eigenvalue weighted by Crippen LogP contribution is 2.26. The van der Waals surface area contributed by atoms with Gasteiger partial charge in [-0.15, -0.1) is 0 Å². The Bertz CT molecular complexity index is 943. The third-order valence-electron chi connectivity index (χ3n) is 7.45. The van der Waals surface area contributed by atoms with Gasteiger partial charge in [-0.25, -0.2) is 0 Å². The van der Waals surface area contributed by atoms with Crippen molar-refractivity contribution in [1.82, 2.24) is 14.7 Å². The summed E-state index contributed by atoms with van der Waals surface area (Å²) in [5.74, 6) is 1.10. The van der Waals surface area contributed by atoms with Crippen LogP contribution < -0.4 is 4.74 Å². The number of piperazine rings is 1. The van der Waals surface area contributed by atoms with Crippen molar-refractivity contribution in [2.45, 2.75) is 64.8 Å². The molecule has 4 rings (SSSR count). The highest BCUT2D eigenvalue weighted by molar-refractivity contribution is 5.73. The van der Waals surface area contributed by atoms with Gasteiger partial charge in [-0.05, 0) is 36.5 Å². The second kappa shape index (κ2) is 12.5. The number of likely N-dealkylation sites (tertiary alicyclic amines) is 1. The van der Waals surface area contributed by atoms with E-state index in [1.807, 2.05) is 23.1 Å². The molecule has 2 aliphatic heterocycles. The molecule has 1 N–H and O–H groups in total. The molecule has 6 nitrogen and oxygen atoms in total. The van der Waals surface area contributed by atoms with Crippen LogP contribution in [0.4, 0.5) is 0 Å². The molecule has 0 spiro atoms. The number of carbonyl (C=O) groups is 1. The number of benzene rings is 2. The zero-order chi connectivity index (χ0) is 24.6. The van der Waals surface area contributed by atoms with Gasteiger partial charge < -0.3 is 14.7 Å². The third kappa shape index (κ3) is 7.06. The number of amides is 1. The largest absolute Gasteiger partial charge is 0.489 e. The number of hydrogen-bond donors (Lipinski definition) is 1. The van der Waals surface area contributed by atoms with Crippen molar-refractivity contribution in [2.24, 2.45) is 0 Å². The lowest BCUT2D eigenvalue weighted by Crippen LogP contribution is -2.54. The van der Waals surface area contributed by atoms with Gasteiger partial charge in [0, 0.05) is 64.3 Å². The van der Waals surface area contributed by atoms with Gasteiger partial charge in [0.2, 0.25) is 5.91 Å². The lowest BCUT2D eigenvalue weighted by atomic mass is 10.0. The van der Waals surface area contributed by atoms with Gasteiger partial charge in [0.15, 0.2) is 0 Å². The molecule has 190 valence electrons. The average Bonchev–Trinajstić information content (AvgIpc) is 3.05. The molecule has 1 amide bonds. The molecule has 2 heterocycles. The summed E-state index contributed by atoms with van der Waals surface area (Å²) in [6, 6.07) is 17.1. The summed E-state index contributed by atoms with van der Waals surface area (Å²) in [4.78, 5) is 18.4. The maximum atomic E-state index is 11.7. The number of aliphatic hydroxyl groups excluding tert-OH is 1. The monoisotopic (exact) mass is 479 g/mol. The number of hydrogen-bond acceptors (Lipinski definition) is 5. The average molecular weight is 480 g/mol. The van der Waals surface area contributed by atoms with E-state index in [9.17, 15) is 9.90 Å². The standard InChI is InChI=1S/C29H41N3O3/c1-3-7-24-10-11-29(35-22-25-8-5-4-6-9-25)26(20-24)21-30-14-12-27(28(34)13-15-30)32-18-16-31(17-19-32)23(2)33/h4-6,8-11,20,27-28,34H,3,7,12-19,21-22H2,1-2H3/t27-,28-/m0/s1. The first kappa shape index (κ1) is 25.7. The molecule has 2 aromatic carbocycles. The second-order valence-corrected chi connectivity index (χ2v) is 10.00. The molecule has 0 unspecified atom stereocenters. The molecule has 2 aromatic rings. The molecule has 2 aliphatic rings. The van der Waals surface area contributed by atoms with Gasteiger partial charge in [-0.2, -0.15) is 0 Å². The number of nitrogens with zero attached hydrogens (tertiary/aromatic N) is 3. The fraction of sp³-hybridized carbons (Fsp3) is 0.552. The molecule has 2 saturated heterocycles. The van der Waals surface area contributed by atoms with Crippen LogP contribution in [0, 0.1) is 0 Å². The second-order valence-electron chi connectivity index (χ2n) is 10.00. The van der Waals surface area contributed by atoms with Gasteiger partial charge in [-0.1, -0.05) is 55.8 Å². The van der Waals surface area contributed by atoms with E-state index in [0.717, 1.165) is 77.2 Å². The van der Waals surface area contributed by atoms with Crippen LogP contribution >= 0.6 is 0 Å². The van der Waals surface area contributed by atoms with Crippen molar-refractivity contribution < 1.29 is 14.6 Å². The van der Waals surface area contributed by atoms with Crippen molar-refractivity contribution in [3.63, 3.8) is 0 Å². The van der Waals surface area contributed by atoms with E-state index in [-0.39, 0.29) is 18.1 Å². The molecular formula is C29H41N3O3. The van der Waals surface area contributed by atoms with E-state index in [0.29, 0.717) is 6.61 Å². The molecule has 0 aromatic heterocycles. The fourth-order valence-corrected chi connectivity index (χ4v) is 5.40. The maximum Gasteiger partial charge on any atom is 0.219 e. The Morgan fingerprint density at radius 2 is 1.71 bits per heavy atom. The summed E-state index contributed by atoms with van der Waals surface area (Å²) in [6.07, 6.45) is 3.57. The Hall–Kier alpha value is -2.41. The minimum atomic E-state index is -0.330. The topological polar surface area (TPSA) is 56.3 Å². The number of ether oxygens (including phenoxy) is 1. The van der Waals surface area contributed by atoms with Gasteiger partial charge in [0.25, 0.3) is 0 Å². The Morgan fingerprint density at radius 1 is 0.971 bits per heavy atom. The zero-order valence-corrected chi connectivity index (χ0v) is 21.4. The molecule has 0 radical (unpaired) electrons. The van der Waals surface area contributed by atoms with Crippen LogP contribution in [0.25, 0.3) is 0 Å². The first-order valence-electron chi connectivity index (χ1n) is 13.2. The smallest absolute Gasteiger partial charge is 0.219 e. The minimum Gasteiger partial charge on any atom is -0.489 e. The summed E-state index contributed by atoms with van der Waals surface area (Å²) >= 11 is 0. The number of rotatable bonds is 8. The Balaban J connectivity index is 1.40. The predicted molar refractivity (Wildman–Crippen MR) is 139 cm³/mol. The fourth-order valence-electron chi connectivity index (χ4n) is 5.40. The van der Waals surface area contributed by atoms with E-state index in [2.05, 4.69) is 47.1 Å². The molecule has 6 heteroatoms. The highest BCUT2D eigenvalue weighted by Gasteiger charge is 2.32. The van der Waals surface area contributed by atoms with Crippen LogP contribution in [0.15, 0.2) is 48.5 Å². The maximum absolute atomic E-state index is 11.7. The van der Waals surface area contributed by atoms with Crippen LogP contribution in [0.1, 0.15) is 49.8 Å². The van der Waals surface area contributed by atoms with Gasteiger partial charge in [0.1, 0.15) is 12.4 Å². The van der Waals surface area contributed by atoms with Gasteiger partial charge in [0.05, 0.1) is 6.10 Å². The molecular weight excluding hydrogens is 438 g/mol. The summed E-state index contributed by atoms with van der Waals surface area (Å²) in [5.41, 5.74) is 3.75. The summed E-state index contributed by atoms with van der Waals surface area (Å²) < 4.78 is 6.28. The summed E-state index contributed by atoms with van der Waals surface area (Å²) in [6.45, 7) is 10.3. The van der Waals surface area contributed by atoms with Gasteiger partial charge in [-0.3, -0.25) is 14.6 Å². The van der Waals surface area contributed by atoms with E-state index >= 15 is 0 Å². The van der Waals surface area contributed by atoms with Crippen LogP contribution in [0.5, 0.6) is 5.75 Å². The van der Waals surface area contributed by atoms with E-state index in [1.54, 1.807) is 6.92 Å². The van der Waals surface area contributed by atoms with Crippen LogP contribution in [0.3, 0.4) is 0 Å². The number of aryl methyl sites for hydroxylation is 1. The van der Waals surface area contributed by atoms with Crippen LogP contribution in [0.2, 0.25) is 0 Å². The quantitative estimate of drug-likeness (QED) is 0.626. The normalized spacial score (nSPS) is 22.1. The molecule has 0 bridgehead atoms. The van der Waals surface area contributed by atoms with Crippen molar-refractivity contribution in [3.05, 3.63) is 65.2 Å². The van der Waals surface area contributed by atoms with Crippen LogP contribution in [-0.2, 0) is 24.4 Å². The van der Waals surface area contributed by atoms with E-state index in [1.165, 1.54) is 16.7 Å². The Morgan fingerprint density at radius 3 is 2.43 bits per heavy atom. The minimum absolute atomic E-state index is 0.146. The van der Waals surface area contributed by atoms with Crippen molar-refractivity contribution in [1.29, 1.82) is 0 Å². The van der Waals surface area contributed by atoms with Gasteiger partial charge >= 0.3 is 0 Å². The third-order valence-corrected chi connectivity index (χ3v) is 7.45. The lowest BCUT2D eigenvalue weighted by molar-refractivity contribution is -0.131. The lowest BCUT2D eigenvalue weighted by Gasteiger charge is -2.40. The summed E-state index contributed by atoms with van der Waals surface area (Å²) in [7, 11) is 0. The molecule has 0 saturated carbocycles. The van der Waals surface area contributed by atoms with E-state index < -0.39 is 0 Å². The predicted octanol–water partition coefficient (Wildman–Crippen LogP) is 3.71. The SMILES string of the molecule is CCCc1ccc(OCc2ccccc2)c(CN2CC[C@H](O)[C@@H](N3CCN(C(C)=O)CC3)CC2)c1. The zero-order valence-electron chi connectivity index (χ0n) is 21.4. The molecule has 2 fully saturated rings. The molecule has 0 aliphatic carbocycles. The first-order valence-corrected chi connectivity index (χ1v) is 13.2. The highest BCUT2D eigenvalue weighted by atomic mass is 16.5. The number of carbonyl (C=O) groups excluding carboxylic acids is 1. The number of aliphatic hydroxyl groups is 1. The summed E-state index contributed by atoms with van der Waals surface area (Å²) in [5, 5.41) is 11.0. The molecule has 35 heavy (non-hydrogen) atoms. The van der Waals surface area contributed by atoms with Crippen molar-refractivity contribution in [2.75, 3.05) is 39.3 Å². The molecule has 2 atom stereocenters. The van der Waals surface area contributed by atoms with E-state index in [4.69, 9.17) is 4.74 Å². The van der Waals surface area contributed by atoms with Crippen molar-refractivity contribution >= 4 is 5.91 Å². The first-order chi connectivity index (χ1) is 17.0.